The van der Waals surface area contributed by atoms with E-state index in [2.05, 4.69) is 16.8 Å². The topological polar surface area (TPSA) is 100 Å². The van der Waals surface area contributed by atoms with Gasteiger partial charge < -0.3 is 14.7 Å². The minimum Gasteiger partial charge on any atom is -0.472 e. The molecule has 3 atom stereocenters. The molecule has 1 aliphatic heterocycles. The van der Waals surface area contributed by atoms with E-state index in [9.17, 15) is 18.3 Å². The van der Waals surface area contributed by atoms with E-state index in [4.69, 9.17) is 4.74 Å². The summed E-state index contributed by atoms with van der Waals surface area (Å²) in [5, 5.41) is 9.68. The molecule has 8 nitrogen and oxygen atoms in total. The SMILES string of the molecule is C[C@@H]1CN([C@@H](C)CO)C(=O)c2cc(C#CC3CC3)cnc2O[C@H]1CN(C)S(C)(=O)=O. The highest BCUT2D eigenvalue weighted by Crippen LogP contribution is 2.29. The van der Waals surface area contributed by atoms with Crippen LogP contribution in [0.15, 0.2) is 12.3 Å². The molecule has 164 valence electrons. The Kier molecular flexibility index (Phi) is 6.70. The third-order valence-electron chi connectivity index (χ3n) is 5.52. The van der Waals surface area contributed by atoms with E-state index in [1.807, 2.05) is 6.92 Å². The molecule has 1 fully saturated rings. The van der Waals surface area contributed by atoms with Gasteiger partial charge in [-0.2, -0.15) is 0 Å². The molecule has 1 aromatic heterocycles. The normalized spacial score (nSPS) is 23.0. The van der Waals surface area contributed by atoms with Crippen molar-refractivity contribution in [1.82, 2.24) is 14.2 Å². The molecule has 3 rings (SSSR count). The third kappa shape index (κ3) is 5.31. The summed E-state index contributed by atoms with van der Waals surface area (Å²) in [5.41, 5.74) is 0.907. The van der Waals surface area contributed by atoms with Crippen molar-refractivity contribution in [3.63, 3.8) is 0 Å². The molecule has 30 heavy (non-hydrogen) atoms. The van der Waals surface area contributed by atoms with Crippen LogP contribution in [0.2, 0.25) is 0 Å². The van der Waals surface area contributed by atoms with Gasteiger partial charge in [-0.1, -0.05) is 18.8 Å². The zero-order valence-corrected chi connectivity index (χ0v) is 18.6. The highest BCUT2D eigenvalue weighted by Gasteiger charge is 2.35. The number of pyridine rings is 1. The Bertz CT molecular complexity index is 965. The number of hydrogen-bond donors (Lipinski definition) is 1. The first-order valence-corrected chi connectivity index (χ1v) is 12.0. The fraction of sp³-hybridized carbons (Fsp3) is 0.619. The van der Waals surface area contributed by atoms with Crippen molar-refractivity contribution in [2.24, 2.45) is 11.8 Å². The van der Waals surface area contributed by atoms with Crippen molar-refractivity contribution >= 4 is 15.9 Å². The van der Waals surface area contributed by atoms with Gasteiger partial charge in [-0.3, -0.25) is 4.79 Å². The first-order valence-electron chi connectivity index (χ1n) is 10.1. The first-order chi connectivity index (χ1) is 14.1. The number of amides is 1. The van der Waals surface area contributed by atoms with Crippen LogP contribution in [0, 0.1) is 23.7 Å². The van der Waals surface area contributed by atoms with Crippen LogP contribution in [-0.4, -0.2) is 78.8 Å². The summed E-state index contributed by atoms with van der Waals surface area (Å²) in [6.07, 6.45) is 4.40. The number of sulfonamides is 1. The van der Waals surface area contributed by atoms with Gasteiger partial charge in [0, 0.05) is 37.2 Å². The summed E-state index contributed by atoms with van der Waals surface area (Å²) in [7, 11) is -1.90. The molecule has 1 aliphatic carbocycles. The fourth-order valence-electron chi connectivity index (χ4n) is 3.19. The van der Waals surface area contributed by atoms with Gasteiger partial charge in [0.1, 0.15) is 11.7 Å². The predicted molar refractivity (Wildman–Crippen MR) is 112 cm³/mol. The van der Waals surface area contributed by atoms with E-state index in [-0.39, 0.29) is 36.4 Å². The number of carbonyl (C=O) groups excluding carboxylic acids is 1. The molecule has 1 amide bonds. The highest BCUT2D eigenvalue weighted by molar-refractivity contribution is 7.88. The monoisotopic (exact) mass is 435 g/mol. The van der Waals surface area contributed by atoms with E-state index in [1.54, 1.807) is 24.1 Å². The van der Waals surface area contributed by atoms with Gasteiger partial charge in [-0.15, -0.1) is 0 Å². The average Bonchev–Trinajstić information content (AvgIpc) is 3.52. The van der Waals surface area contributed by atoms with Crippen molar-refractivity contribution in [1.29, 1.82) is 0 Å². The lowest BCUT2D eigenvalue weighted by Gasteiger charge is -2.37. The molecule has 0 unspecified atom stereocenters. The van der Waals surface area contributed by atoms with Crippen molar-refractivity contribution in [2.45, 2.75) is 38.8 Å². The second-order valence-electron chi connectivity index (χ2n) is 8.29. The second-order valence-corrected chi connectivity index (χ2v) is 10.4. The lowest BCUT2D eigenvalue weighted by Crippen LogP contribution is -2.50. The van der Waals surface area contributed by atoms with E-state index in [0.717, 1.165) is 19.1 Å². The van der Waals surface area contributed by atoms with Gasteiger partial charge in [-0.05, 0) is 25.8 Å². The highest BCUT2D eigenvalue weighted by atomic mass is 32.2. The Morgan fingerprint density at radius 3 is 2.73 bits per heavy atom. The summed E-state index contributed by atoms with van der Waals surface area (Å²) < 4.78 is 31.1. The van der Waals surface area contributed by atoms with E-state index in [1.165, 1.54) is 11.4 Å². The van der Waals surface area contributed by atoms with Crippen molar-refractivity contribution in [3.8, 4) is 17.7 Å². The van der Waals surface area contributed by atoms with Crippen LogP contribution in [-0.2, 0) is 10.0 Å². The number of aromatic nitrogens is 1. The lowest BCUT2D eigenvalue weighted by molar-refractivity contribution is 0.0373. The number of aliphatic hydroxyl groups excluding tert-OH is 1. The van der Waals surface area contributed by atoms with E-state index >= 15 is 0 Å². The quantitative estimate of drug-likeness (QED) is 0.692. The van der Waals surface area contributed by atoms with Crippen LogP contribution in [0.1, 0.15) is 42.6 Å². The predicted octanol–water partition coefficient (Wildman–Crippen LogP) is 0.955. The van der Waals surface area contributed by atoms with Crippen LogP contribution < -0.4 is 4.74 Å². The summed E-state index contributed by atoms with van der Waals surface area (Å²) >= 11 is 0. The average molecular weight is 436 g/mol. The molecule has 0 saturated heterocycles. The molecule has 1 saturated carbocycles. The number of likely N-dealkylation sites (N-methyl/N-ethyl adjacent to an activating group) is 1. The third-order valence-corrected chi connectivity index (χ3v) is 6.80. The molecule has 0 radical (unpaired) electrons. The smallest absolute Gasteiger partial charge is 0.259 e. The van der Waals surface area contributed by atoms with Gasteiger partial charge in [-0.25, -0.2) is 17.7 Å². The molecular weight excluding hydrogens is 406 g/mol. The van der Waals surface area contributed by atoms with E-state index < -0.39 is 22.2 Å². The van der Waals surface area contributed by atoms with Gasteiger partial charge >= 0.3 is 0 Å². The molecule has 1 N–H and O–H groups in total. The number of carbonyl (C=O) groups is 1. The summed E-state index contributed by atoms with van der Waals surface area (Å²) in [6.45, 7) is 3.93. The Balaban J connectivity index is 1.99. The standard InChI is InChI=1S/C21H29N3O5S/c1-14-11-24(15(2)13-25)21(26)18-9-17(8-7-16-5-6-16)10-22-20(18)29-19(14)12-23(3)30(4,27)28/h9-10,14-16,19,25H,5-6,11-13H2,1-4H3/t14-,15+,19+/m1/s1. The maximum Gasteiger partial charge on any atom is 0.259 e. The van der Waals surface area contributed by atoms with Gasteiger partial charge in [0.15, 0.2) is 0 Å². The maximum atomic E-state index is 13.3. The second kappa shape index (κ2) is 8.92. The number of rotatable bonds is 5. The van der Waals surface area contributed by atoms with Crippen LogP contribution in [0.4, 0.5) is 0 Å². The Hall–Kier alpha value is -2.15. The van der Waals surface area contributed by atoms with E-state index in [0.29, 0.717) is 18.0 Å². The molecule has 0 spiro atoms. The molecule has 2 aliphatic rings. The van der Waals surface area contributed by atoms with Crippen LogP contribution in [0.25, 0.3) is 0 Å². The Labute approximate surface area is 178 Å². The zero-order chi connectivity index (χ0) is 22.1. The molecule has 2 heterocycles. The zero-order valence-electron chi connectivity index (χ0n) is 17.8. The van der Waals surface area contributed by atoms with Crippen molar-refractivity contribution in [3.05, 3.63) is 23.4 Å². The lowest BCUT2D eigenvalue weighted by atomic mass is 10.0. The van der Waals surface area contributed by atoms with Gasteiger partial charge in [0.05, 0.1) is 25.4 Å². The molecule has 9 heteroatoms. The largest absolute Gasteiger partial charge is 0.472 e. The maximum absolute atomic E-state index is 13.3. The van der Waals surface area contributed by atoms with Crippen molar-refractivity contribution < 1.29 is 23.1 Å². The summed E-state index contributed by atoms with van der Waals surface area (Å²) in [5.74, 6) is 6.34. The number of aliphatic hydroxyl groups is 1. The summed E-state index contributed by atoms with van der Waals surface area (Å²) in [6, 6.07) is 1.27. The minimum absolute atomic E-state index is 0.125. The Morgan fingerprint density at radius 1 is 1.43 bits per heavy atom. The fourth-order valence-corrected chi connectivity index (χ4v) is 3.61. The molecule has 0 bridgehead atoms. The number of nitrogens with zero attached hydrogens (tertiary/aromatic N) is 3. The molecule has 1 aromatic rings. The van der Waals surface area contributed by atoms with Crippen LogP contribution in [0.3, 0.4) is 0 Å². The Morgan fingerprint density at radius 2 is 2.13 bits per heavy atom. The van der Waals surface area contributed by atoms with Gasteiger partial charge in [0.25, 0.3) is 5.91 Å². The van der Waals surface area contributed by atoms with Gasteiger partial charge in [0.2, 0.25) is 15.9 Å². The first kappa shape index (κ1) is 22.5. The molecule has 0 aromatic carbocycles. The van der Waals surface area contributed by atoms with Crippen LogP contribution >= 0.6 is 0 Å². The minimum atomic E-state index is -3.39. The number of fused-ring (bicyclic) bond motifs is 1. The summed E-state index contributed by atoms with van der Waals surface area (Å²) in [4.78, 5) is 19.2. The number of hydrogen-bond acceptors (Lipinski definition) is 6. The number of ether oxygens (including phenoxy) is 1. The van der Waals surface area contributed by atoms with Crippen LogP contribution in [0.5, 0.6) is 5.88 Å². The van der Waals surface area contributed by atoms with Crippen molar-refractivity contribution in [2.75, 3.05) is 33.0 Å². The molecular formula is C21H29N3O5S.